The summed E-state index contributed by atoms with van der Waals surface area (Å²) in [5.41, 5.74) is 0.964. The summed E-state index contributed by atoms with van der Waals surface area (Å²) >= 11 is 0. The van der Waals surface area contributed by atoms with E-state index in [9.17, 15) is 9.59 Å². The molecular formula is C18H17N3O4. The molecule has 0 spiro atoms. The van der Waals surface area contributed by atoms with Crippen LogP contribution in [0.15, 0.2) is 48.5 Å². The van der Waals surface area contributed by atoms with Crippen LogP contribution in [0.3, 0.4) is 0 Å². The number of ether oxygens (including phenoxy) is 2. The first-order chi connectivity index (χ1) is 12.1. The monoisotopic (exact) mass is 339 g/mol. The Balaban J connectivity index is 2.35. The Bertz CT molecular complexity index is 800. The molecule has 2 aromatic carbocycles. The quantitative estimate of drug-likeness (QED) is 0.869. The molecule has 128 valence electrons. The number of nitriles is 1. The van der Waals surface area contributed by atoms with Crippen molar-refractivity contribution in [3.63, 3.8) is 0 Å². The fourth-order valence-corrected chi connectivity index (χ4v) is 2.10. The van der Waals surface area contributed by atoms with Crippen LogP contribution < -0.4 is 20.1 Å². The molecule has 0 bridgehead atoms. The van der Waals surface area contributed by atoms with E-state index in [2.05, 4.69) is 10.6 Å². The number of nitrogens with one attached hydrogen (secondary N) is 2. The number of benzene rings is 2. The molecule has 0 saturated carbocycles. The first-order valence-corrected chi connectivity index (χ1v) is 7.41. The number of amides is 3. The van der Waals surface area contributed by atoms with Gasteiger partial charge in [0.25, 0.3) is 5.91 Å². The van der Waals surface area contributed by atoms with E-state index in [1.165, 1.54) is 20.2 Å². The van der Waals surface area contributed by atoms with Gasteiger partial charge in [0, 0.05) is 18.7 Å². The molecule has 0 saturated heterocycles. The van der Waals surface area contributed by atoms with Gasteiger partial charge in [0.15, 0.2) is 11.5 Å². The fraction of sp³-hybridized carbons (Fsp3) is 0.167. The number of carbonyl (C=O) groups excluding carboxylic acids is 2. The lowest BCUT2D eigenvalue weighted by Gasteiger charge is -2.20. The van der Waals surface area contributed by atoms with Crippen LogP contribution in [0.25, 0.3) is 0 Å². The van der Waals surface area contributed by atoms with Gasteiger partial charge in [0.1, 0.15) is 0 Å². The highest BCUT2D eigenvalue weighted by atomic mass is 16.5. The highest BCUT2D eigenvalue weighted by Gasteiger charge is 2.25. The average molecular weight is 339 g/mol. The van der Waals surface area contributed by atoms with Crippen molar-refractivity contribution in [1.82, 2.24) is 10.6 Å². The zero-order chi connectivity index (χ0) is 18.2. The summed E-state index contributed by atoms with van der Waals surface area (Å²) in [6.45, 7) is 0. The Kier molecular flexibility index (Phi) is 5.96. The largest absolute Gasteiger partial charge is 0.493 e. The van der Waals surface area contributed by atoms with Crippen LogP contribution in [0.4, 0.5) is 4.79 Å². The van der Waals surface area contributed by atoms with E-state index in [1.54, 1.807) is 42.5 Å². The van der Waals surface area contributed by atoms with Gasteiger partial charge in [0.2, 0.25) is 6.10 Å². The average Bonchev–Trinajstić information content (AvgIpc) is 2.66. The second-order valence-corrected chi connectivity index (χ2v) is 4.95. The summed E-state index contributed by atoms with van der Waals surface area (Å²) < 4.78 is 11.0. The van der Waals surface area contributed by atoms with Gasteiger partial charge in [-0.2, -0.15) is 5.26 Å². The fourth-order valence-electron chi connectivity index (χ4n) is 2.10. The molecule has 2 aromatic rings. The summed E-state index contributed by atoms with van der Waals surface area (Å²) in [5, 5.41) is 13.5. The smallest absolute Gasteiger partial charge is 0.321 e. The van der Waals surface area contributed by atoms with E-state index in [4.69, 9.17) is 14.7 Å². The molecule has 0 aliphatic heterocycles. The topological polar surface area (TPSA) is 100 Å². The number of rotatable bonds is 5. The third-order valence-corrected chi connectivity index (χ3v) is 3.34. The maximum Gasteiger partial charge on any atom is 0.321 e. The SMILES string of the molecule is CNC(=O)NC(=O)[C@H](Oc1ccc(C#N)cc1OC)c1ccccc1. The predicted octanol–water partition coefficient (Wildman–Crippen LogP) is 2.14. The lowest BCUT2D eigenvalue weighted by molar-refractivity contribution is -0.127. The standard InChI is InChI=1S/C18H17N3O4/c1-20-18(23)21-17(22)16(13-6-4-3-5-7-13)25-14-9-8-12(11-19)10-15(14)24-2/h3-10,16H,1-2H3,(H2,20,21,22,23)/t16-/m1/s1. The second-order valence-electron chi connectivity index (χ2n) is 4.95. The number of methoxy groups -OCH3 is 1. The van der Waals surface area contributed by atoms with Crippen LogP contribution in [0.2, 0.25) is 0 Å². The maximum atomic E-state index is 12.4. The van der Waals surface area contributed by atoms with Gasteiger partial charge in [-0.25, -0.2) is 4.79 Å². The minimum absolute atomic E-state index is 0.280. The zero-order valence-corrected chi connectivity index (χ0v) is 13.8. The molecule has 0 fully saturated rings. The van der Waals surface area contributed by atoms with Crippen LogP contribution in [-0.4, -0.2) is 26.1 Å². The minimum atomic E-state index is -1.07. The number of urea groups is 1. The van der Waals surface area contributed by atoms with Crippen molar-refractivity contribution in [3.05, 3.63) is 59.7 Å². The van der Waals surface area contributed by atoms with Crippen molar-refractivity contribution in [1.29, 1.82) is 5.26 Å². The van der Waals surface area contributed by atoms with Gasteiger partial charge in [-0.15, -0.1) is 0 Å². The third kappa shape index (κ3) is 4.48. The molecule has 0 aliphatic carbocycles. The zero-order valence-electron chi connectivity index (χ0n) is 13.8. The summed E-state index contributed by atoms with van der Waals surface area (Å²) in [6, 6.07) is 14.7. The minimum Gasteiger partial charge on any atom is -0.493 e. The Labute approximate surface area is 145 Å². The number of hydrogen-bond donors (Lipinski definition) is 2. The molecule has 0 aromatic heterocycles. The van der Waals surface area contributed by atoms with E-state index in [-0.39, 0.29) is 5.75 Å². The molecule has 1 atom stereocenters. The maximum absolute atomic E-state index is 12.4. The summed E-state index contributed by atoms with van der Waals surface area (Å²) in [6.07, 6.45) is -1.07. The Morgan fingerprint density at radius 3 is 2.44 bits per heavy atom. The molecule has 0 radical (unpaired) electrons. The second kappa shape index (κ2) is 8.36. The molecular weight excluding hydrogens is 322 g/mol. The van der Waals surface area contributed by atoms with Crippen molar-refractivity contribution in [3.8, 4) is 17.6 Å². The highest BCUT2D eigenvalue weighted by molar-refractivity contribution is 5.97. The third-order valence-electron chi connectivity index (χ3n) is 3.34. The first-order valence-electron chi connectivity index (χ1n) is 7.41. The Hall–Kier alpha value is -3.53. The molecule has 2 rings (SSSR count). The van der Waals surface area contributed by atoms with Gasteiger partial charge in [-0.1, -0.05) is 30.3 Å². The Morgan fingerprint density at radius 1 is 1.12 bits per heavy atom. The normalized spacial score (nSPS) is 10.9. The first kappa shape index (κ1) is 17.8. The van der Waals surface area contributed by atoms with Crippen molar-refractivity contribution in [2.75, 3.05) is 14.2 Å². The molecule has 0 heterocycles. The van der Waals surface area contributed by atoms with Crippen molar-refractivity contribution in [2.45, 2.75) is 6.10 Å². The molecule has 3 amide bonds. The Morgan fingerprint density at radius 2 is 1.84 bits per heavy atom. The molecule has 7 heteroatoms. The predicted molar refractivity (Wildman–Crippen MR) is 90.1 cm³/mol. The van der Waals surface area contributed by atoms with Crippen molar-refractivity contribution in [2.24, 2.45) is 0 Å². The van der Waals surface area contributed by atoms with Crippen LogP contribution in [0.5, 0.6) is 11.5 Å². The molecule has 7 nitrogen and oxygen atoms in total. The molecule has 2 N–H and O–H groups in total. The lowest BCUT2D eigenvalue weighted by atomic mass is 10.1. The van der Waals surface area contributed by atoms with Gasteiger partial charge in [-0.05, 0) is 12.1 Å². The van der Waals surface area contributed by atoms with Crippen molar-refractivity contribution < 1.29 is 19.1 Å². The molecule has 0 aliphatic rings. The van der Waals surface area contributed by atoms with Gasteiger partial charge in [0.05, 0.1) is 18.7 Å². The van der Waals surface area contributed by atoms with E-state index in [0.717, 1.165) is 0 Å². The van der Waals surface area contributed by atoms with E-state index >= 15 is 0 Å². The van der Waals surface area contributed by atoms with Crippen LogP contribution in [0.1, 0.15) is 17.2 Å². The molecule has 0 unspecified atom stereocenters. The number of hydrogen-bond acceptors (Lipinski definition) is 5. The number of imide groups is 1. The number of nitrogens with zero attached hydrogens (tertiary/aromatic N) is 1. The van der Waals surface area contributed by atoms with Crippen LogP contribution in [0, 0.1) is 11.3 Å². The number of carbonyl (C=O) groups is 2. The van der Waals surface area contributed by atoms with Crippen molar-refractivity contribution >= 4 is 11.9 Å². The molecule has 25 heavy (non-hydrogen) atoms. The van der Waals surface area contributed by atoms with Crippen LogP contribution >= 0.6 is 0 Å². The summed E-state index contributed by atoms with van der Waals surface area (Å²) in [5.74, 6) is -0.0351. The lowest BCUT2D eigenvalue weighted by Crippen LogP contribution is -2.41. The highest BCUT2D eigenvalue weighted by Crippen LogP contribution is 2.32. The van der Waals surface area contributed by atoms with Gasteiger partial charge < -0.3 is 14.8 Å². The summed E-state index contributed by atoms with van der Waals surface area (Å²) in [4.78, 5) is 23.9. The van der Waals surface area contributed by atoms with E-state index < -0.39 is 18.0 Å². The van der Waals surface area contributed by atoms with E-state index in [0.29, 0.717) is 16.9 Å². The van der Waals surface area contributed by atoms with E-state index in [1.807, 2.05) is 6.07 Å². The summed E-state index contributed by atoms with van der Waals surface area (Å²) in [7, 11) is 2.84. The van der Waals surface area contributed by atoms with Crippen LogP contribution in [-0.2, 0) is 4.79 Å². The van der Waals surface area contributed by atoms with Gasteiger partial charge in [-0.3, -0.25) is 10.1 Å². The van der Waals surface area contributed by atoms with Gasteiger partial charge >= 0.3 is 6.03 Å².